The van der Waals surface area contributed by atoms with Crippen LogP contribution in [0.4, 0.5) is 0 Å². The summed E-state index contributed by atoms with van der Waals surface area (Å²) < 4.78 is 0.717. The molecule has 2 N–H and O–H groups in total. The van der Waals surface area contributed by atoms with Crippen molar-refractivity contribution in [1.82, 2.24) is 15.5 Å². The van der Waals surface area contributed by atoms with Gasteiger partial charge in [-0.2, -0.15) is 11.8 Å². The third-order valence-corrected chi connectivity index (χ3v) is 4.54. The first-order chi connectivity index (χ1) is 11.0. The van der Waals surface area contributed by atoms with E-state index < -0.39 is 6.04 Å². The minimum absolute atomic E-state index is 0.138. The SMILES string of the molecule is CSCCC(NC(=O)c1ccccc1Br)C(=O)NCCN(C)C. The van der Waals surface area contributed by atoms with Crippen LogP contribution in [-0.2, 0) is 4.79 Å². The zero-order valence-electron chi connectivity index (χ0n) is 13.8. The van der Waals surface area contributed by atoms with Gasteiger partial charge in [0.1, 0.15) is 6.04 Å². The van der Waals surface area contributed by atoms with Gasteiger partial charge >= 0.3 is 0 Å². The molecule has 7 heteroatoms. The molecular weight excluding hydrogens is 378 g/mol. The van der Waals surface area contributed by atoms with Gasteiger partial charge in [-0.3, -0.25) is 9.59 Å². The molecule has 1 rings (SSSR count). The number of halogens is 1. The van der Waals surface area contributed by atoms with Gasteiger partial charge in [-0.15, -0.1) is 0 Å². The van der Waals surface area contributed by atoms with Gasteiger partial charge in [0.25, 0.3) is 5.91 Å². The maximum absolute atomic E-state index is 12.4. The molecule has 1 aromatic rings. The maximum atomic E-state index is 12.4. The number of rotatable bonds is 9. The quantitative estimate of drug-likeness (QED) is 0.663. The van der Waals surface area contributed by atoms with E-state index in [1.165, 1.54) is 0 Å². The summed E-state index contributed by atoms with van der Waals surface area (Å²) >= 11 is 5.02. The highest BCUT2D eigenvalue weighted by Gasteiger charge is 2.21. The highest BCUT2D eigenvalue weighted by atomic mass is 79.9. The van der Waals surface area contributed by atoms with Crippen LogP contribution >= 0.6 is 27.7 Å². The number of nitrogens with zero attached hydrogens (tertiary/aromatic N) is 1. The molecule has 0 aliphatic rings. The van der Waals surface area contributed by atoms with E-state index in [-0.39, 0.29) is 11.8 Å². The molecule has 2 amide bonds. The van der Waals surface area contributed by atoms with Crippen LogP contribution in [0.3, 0.4) is 0 Å². The van der Waals surface area contributed by atoms with E-state index in [1.54, 1.807) is 23.9 Å². The molecule has 1 unspecified atom stereocenters. The summed E-state index contributed by atoms with van der Waals surface area (Å²) in [7, 11) is 3.90. The Balaban J connectivity index is 2.68. The van der Waals surface area contributed by atoms with Gasteiger partial charge in [0.15, 0.2) is 0 Å². The van der Waals surface area contributed by atoms with Crippen molar-refractivity contribution in [3.63, 3.8) is 0 Å². The number of amides is 2. The van der Waals surface area contributed by atoms with Gasteiger partial charge < -0.3 is 15.5 Å². The Morgan fingerprint density at radius 2 is 2.00 bits per heavy atom. The number of hydrogen-bond acceptors (Lipinski definition) is 4. The lowest BCUT2D eigenvalue weighted by Crippen LogP contribution is -2.48. The van der Waals surface area contributed by atoms with Crippen molar-refractivity contribution in [3.8, 4) is 0 Å². The summed E-state index contributed by atoms with van der Waals surface area (Å²) in [5, 5.41) is 5.72. The van der Waals surface area contributed by atoms with E-state index in [0.717, 1.165) is 12.3 Å². The second kappa shape index (κ2) is 10.7. The second-order valence-electron chi connectivity index (χ2n) is 5.38. The molecule has 0 fully saturated rings. The normalized spacial score (nSPS) is 12.0. The molecule has 1 atom stereocenters. The number of carbonyl (C=O) groups excluding carboxylic acids is 2. The number of hydrogen-bond donors (Lipinski definition) is 2. The van der Waals surface area contributed by atoms with Crippen molar-refractivity contribution >= 4 is 39.5 Å². The first-order valence-corrected chi connectivity index (χ1v) is 9.61. The van der Waals surface area contributed by atoms with Crippen LogP contribution in [-0.4, -0.2) is 61.9 Å². The predicted octanol–water partition coefficient (Wildman–Crippen LogP) is 1.98. The third-order valence-electron chi connectivity index (χ3n) is 3.21. The molecular formula is C16H24BrN3O2S. The summed E-state index contributed by atoms with van der Waals surface area (Å²) in [6.45, 7) is 1.33. The van der Waals surface area contributed by atoms with Crippen molar-refractivity contribution in [2.45, 2.75) is 12.5 Å². The van der Waals surface area contributed by atoms with Crippen LogP contribution in [0.15, 0.2) is 28.7 Å². The Morgan fingerprint density at radius 3 is 2.61 bits per heavy atom. The number of thioether (sulfide) groups is 1. The molecule has 1 aromatic carbocycles. The zero-order chi connectivity index (χ0) is 17.2. The monoisotopic (exact) mass is 401 g/mol. The molecule has 0 spiro atoms. The van der Waals surface area contributed by atoms with Gasteiger partial charge in [-0.05, 0) is 60.6 Å². The number of nitrogens with one attached hydrogen (secondary N) is 2. The lowest BCUT2D eigenvalue weighted by Gasteiger charge is -2.19. The molecule has 5 nitrogen and oxygen atoms in total. The van der Waals surface area contributed by atoms with Gasteiger partial charge in [0.05, 0.1) is 5.56 Å². The van der Waals surface area contributed by atoms with Crippen molar-refractivity contribution in [3.05, 3.63) is 34.3 Å². The molecule has 0 saturated carbocycles. The number of benzene rings is 1. The molecule has 0 bridgehead atoms. The van der Waals surface area contributed by atoms with Crippen LogP contribution < -0.4 is 10.6 Å². The minimum atomic E-state index is -0.524. The van der Waals surface area contributed by atoms with Gasteiger partial charge in [0.2, 0.25) is 5.91 Å². The summed E-state index contributed by atoms with van der Waals surface area (Å²) in [5.41, 5.74) is 0.530. The van der Waals surface area contributed by atoms with Crippen molar-refractivity contribution in [1.29, 1.82) is 0 Å². The Morgan fingerprint density at radius 1 is 1.30 bits per heavy atom. The zero-order valence-corrected chi connectivity index (χ0v) is 16.2. The van der Waals surface area contributed by atoms with Crippen LogP contribution in [0.2, 0.25) is 0 Å². The predicted molar refractivity (Wildman–Crippen MR) is 100.0 cm³/mol. The standard InChI is InChI=1S/C16H24BrN3O2S/c1-20(2)10-9-18-16(22)14(8-11-23-3)19-15(21)12-6-4-5-7-13(12)17/h4-7,14H,8-11H2,1-3H3,(H,18,22)(H,19,21). The summed E-state index contributed by atoms with van der Waals surface area (Å²) in [5.74, 6) is 0.426. The van der Waals surface area contributed by atoms with Crippen molar-refractivity contribution in [2.75, 3.05) is 39.2 Å². The van der Waals surface area contributed by atoms with E-state index in [2.05, 4.69) is 26.6 Å². The number of carbonyl (C=O) groups is 2. The molecule has 0 saturated heterocycles. The third kappa shape index (κ3) is 7.37. The van der Waals surface area contributed by atoms with Crippen molar-refractivity contribution < 1.29 is 9.59 Å². The fraction of sp³-hybridized carbons (Fsp3) is 0.500. The van der Waals surface area contributed by atoms with Gasteiger partial charge in [0, 0.05) is 17.6 Å². The summed E-state index contributed by atoms with van der Waals surface area (Å²) in [6, 6.07) is 6.66. The van der Waals surface area contributed by atoms with E-state index in [1.807, 2.05) is 37.4 Å². The molecule has 0 heterocycles. The maximum Gasteiger partial charge on any atom is 0.253 e. The summed E-state index contributed by atoms with van der Waals surface area (Å²) in [6.07, 6.45) is 2.59. The molecule has 0 aromatic heterocycles. The Labute approximate surface area is 150 Å². The van der Waals surface area contributed by atoms with Gasteiger partial charge in [-0.25, -0.2) is 0 Å². The fourth-order valence-corrected chi connectivity index (χ4v) is 2.85. The lowest BCUT2D eigenvalue weighted by molar-refractivity contribution is -0.123. The van der Waals surface area contributed by atoms with Crippen molar-refractivity contribution in [2.24, 2.45) is 0 Å². The minimum Gasteiger partial charge on any atom is -0.353 e. The molecule has 0 aliphatic carbocycles. The Hall–Kier alpha value is -1.05. The van der Waals surface area contributed by atoms with Gasteiger partial charge in [-0.1, -0.05) is 12.1 Å². The molecule has 0 aliphatic heterocycles. The Kier molecular flexibility index (Phi) is 9.28. The van der Waals surface area contributed by atoms with Crippen LogP contribution in [0.1, 0.15) is 16.8 Å². The van der Waals surface area contributed by atoms with E-state index in [0.29, 0.717) is 23.0 Å². The van der Waals surface area contributed by atoms with Crippen LogP contribution in [0, 0.1) is 0 Å². The first kappa shape index (κ1) is 20.0. The van der Waals surface area contributed by atoms with E-state index >= 15 is 0 Å². The fourth-order valence-electron chi connectivity index (χ4n) is 1.91. The average molecular weight is 402 g/mol. The van der Waals surface area contributed by atoms with E-state index in [4.69, 9.17) is 0 Å². The molecule has 128 valence electrons. The van der Waals surface area contributed by atoms with Crippen LogP contribution in [0.25, 0.3) is 0 Å². The topological polar surface area (TPSA) is 61.4 Å². The summed E-state index contributed by atoms with van der Waals surface area (Å²) in [4.78, 5) is 26.7. The molecule has 0 radical (unpaired) electrons. The van der Waals surface area contributed by atoms with Crippen LogP contribution in [0.5, 0.6) is 0 Å². The highest BCUT2D eigenvalue weighted by Crippen LogP contribution is 2.16. The largest absolute Gasteiger partial charge is 0.353 e. The van der Waals surface area contributed by atoms with E-state index in [9.17, 15) is 9.59 Å². The molecule has 23 heavy (non-hydrogen) atoms. The average Bonchev–Trinajstić information content (AvgIpc) is 2.51. The lowest BCUT2D eigenvalue weighted by atomic mass is 10.1. The smallest absolute Gasteiger partial charge is 0.253 e. The first-order valence-electron chi connectivity index (χ1n) is 7.42. The Bertz CT molecular complexity index is 526. The highest BCUT2D eigenvalue weighted by molar-refractivity contribution is 9.10. The second-order valence-corrected chi connectivity index (χ2v) is 7.22. The number of likely N-dealkylation sites (N-methyl/N-ethyl adjacent to an activating group) is 1.